The van der Waals surface area contributed by atoms with Crippen LogP contribution in [0.15, 0.2) is 12.1 Å². The lowest BCUT2D eigenvalue weighted by atomic mass is 9.87. The third-order valence-electron chi connectivity index (χ3n) is 6.73. The molecule has 0 bridgehead atoms. The number of aromatic nitrogens is 4. The van der Waals surface area contributed by atoms with Crippen molar-refractivity contribution < 1.29 is 24.2 Å². The lowest BCUT2D eigenvalue weighted by molar-refractivity contribution is -0.143. The predicted molar refractivity (Wildman–Crippen MR) is 119 cm³/mol. The molecule has 178 valence electrons. The summed E-state index contributed by atoms with van der Waals surface area (Å²) in [5.41, 5.74) is 2.50. The molecule has 0 saturated heterocycles. The van der Waals surface area contributed by atoms with Gasteiger partial charge >= 0.3 is 12.1 Å². The number of hydrogen-bond acceptors (Lipinski definition) is 7. The van der Waals surface area contributed by atoms with Crippen LogP contribution in [0.3, 0.4) is 0 Å². The van der Waals surface area contributed by atoms with Gasteiger partial charge in [-0.3, -0.25) is 4.79 Å². The average molecular weight is 458 g/mol. The maximum absolute atomic E-state index is 12.4. The lowest BCUT2D eigenvalue weighted by Gasteiger charge is -2.33. The smallest absolute Gasteiger partial charge is 0.410 e. The molecule has 2 saturated carbocycles. The van der Waals surface area contributed by atoms with Crippen LogP contribution < -0.4 is 4.74 Å². The SMILES string of the molecule is Cc1nc(-c2nnn(C)c2COC(=O)N(C)C2CCC2)ccc1O[C@H]1CCC[C@H](C(=O)O)C1. The third kappa shape index (κ3) is 5.09. The van der Waals surface area contributed by atoms with Crippen LogP contribution in [0.1, 0.15) is 56.3 Å². The predicted octanol–water partition coefficient (Wildman–Crippen LogP) is 3.33. The maximum atomic E-state index is 12.4. The Hall–Kier alpha value is -3.17. The molecule has 2 aromatic heterocycles. The Balaban J connectivity index is 1.43. The molecule has 2 aromatic rings. The quantitative estimate of drug-likeness (QED) is 0.672. The van der Waals surface area contributed by atoms with Crippen LogP contribution in [0.25, 0.3) is 11.4 Å². The molecule has 0 spiro atoms. The summed E-state index contributed by atoms with van der Waals surface area (Å²) < 4.78 is 13.2. The zero-order chi connectivity index (χ0) is 23.5. The van der Waals surface area contributed by atoms with E-state index < -0.39 is 5.97 Å². The number of pyridine rings is 1. The van der Waals surface area contributed by atoms with Gasteiger partial charge in [-0.15, -0.1) is 5.10 Å². The van der Waals surface area contributed by atoms with Crippen molar-refractivity contribution >= 4 is 12.1 Å². The van der Waals surface area contributed by atoms with Crippen molar-refractivity contribution in [3.05, 3.63) is 23.5 Å². The van der Waals surface area contributed by atoms with E-state index in [1.165, 1.54) is 0 Å². The third-order valence-corrected chi connectivity index (χ3v) is 6.73. The first kappa shape index (κ1) is 23.0. The molecule has 0 aliphatic heterocycles. The van der Waals surface area contributed by atoms with Crippen LogP contribution in [0, 0.1) is 12.8 Å². The van der Waals surface area contributed by atoms with Gasteiger partial charge in [0.25, 0.3) is 0 Å². The molecule has 2 aliphatic carbocycles. The fourth-order valence-electron chi connectivity index (χ4n) is 4.35. The van der Waals surface area contributed by atoms with Crippen LogP contribution in [0.5, 0.6) is 5.75 Å². The number of carbonyl (C=O) groups is 2. The number of carboxylic acids is 1. The Kier molecular flexibility index (Phi) is 6.80. The summed E-state index contributed by atoms with van der Waals surface area (Å²) in [5.74, 6) is -0.485. The molecule has 2 aliphatic rings. The molecule has 10 nitrogen and oxygen atoms in total. The van der Waals surface area contributed by atoms with E-state index in [4.69, 9.17) is 9.47 Å². The highest BCUT2D eigenvalue weighted by Crippen LogP contribution is 2.31. The molecular formula is C23H31N5O5. The molecular weight excluding hydrogens is 426 g/mol. The molecule has 33 heavy (non-hydrogen) atoms. The number of aliphatic carboxylic acids is 1. The molecule has 10 heteroatoms. The Morgan fingerprint density at radius 3 is 2.64 bits per heavy atom. The second-order valence-electron chi connectivity index (χ2n) is 8.98. The second-order valence-corrected chi connectivity index (χ2v) is 8.98. The van der Waals surface area contributed by atoms with Crippen molar-refractivity contribution in [1.29, 1.82) is 0 Å². The zero-order valence-corrected chi connectivity index (χ0v) is 19.4. The Morgan fingerprint density at radius 2 is 1.97 bits per heavy atom. The minimum absolute atomic E-state index is 0.0480. The van der Waals surface area contributed by atoms with Gasteiger partial charge in [0.2, 0.25) is 0 Å². The summed E-state index contributed by atoms with van der Waals surface area (Å²) in [4.78, 5) is 30.0. The minimum atomic E-state index is -0.761. The summed E-state index contributed by atoms with van der Waals surface area (Å²) in [6.45, 7) is 1.90. The van der Waals surface area contributed by atoms with Crippen LogP contribution >= 0.6 is 0 Å². The van der Waals surface area contributed by atoms with E-state index in [1.807, 2.05) is 13.0 Å². The van der Waals surface area contributed by atoms with E-state index in [0.29, 0.717) is 41.4 Å². The normalized spacial score (nSPS) is 20.7. The molecule has 2 fully saturated rings. The fraction of sp³-hybridized carbons (Fsp3) is 0.609. The van der Waals surface area contributed by atoms with E-state index in [9.17, 15) is 14.7 Å². The number of carbonyl (C=O) groups excluding carboxylic acids is 1. The fourth-order valence-corrected chi connectivity index (χ4v) is 4.35. The monoisotopic (exact) mass is 457 g/mol. The van der Waals surface area contributed by atoms with E-state index >= 15 is 0 Å². The molecule has 0 unspecified atom stereocenters. The van der Waals surface area contributed by atoms with Gasteiger partial charge in [0.1, 0.15) is 23.7 Å². The molecule has 2 atom stereocenters. The standard InChI is InChI=1S/C23H31N5O5/c1-14-20(33-17-9-4-6-15(12-17)22(29)30)11-10-18(24-14)21-19(28(3)26-25-21)13-32-23(31)27(2)16-7-5-8-16/h10-11,15-17H,4-9,12-13H2,1-3H3,(H,29,30)/t15-,17-/m0/s1. The zero-order valence-electron chi connectivity index (χ0n) is 19.4. The number of hydrogen-bond donors (Lipinski definition) is 1. The highest BCUT2D eigenvalue weighted by Gasteiger charge is 2.29. The maximum Gasteiger partial charge on any atom is 0.410 e. The van der Waals surface area contributed by atoms with Crippen molar-refractivity contribution in [3.63, 3.8) is 0 Å². The summed E-state index contributed by atoms with van der Waals surface area (Å²) in [6.07, 6.45) is 5.55. The van der Waals surface area contributed by atoms with Gasteiger partial charge in [-0.1, -0.05) is 5.21 Å². The van der Waals surface area contributed by atoms with Crippen molar-refractivity contribution in [2.45, 2.75) is 70.6 Å². The van der Waals surface area contributed by atoms with Crippen molar-refractivity contribution in [1.82, 2.24) is 24.9 Å². The minimum Gasteiger partial charge on any atom is -0.489 e. The first-order valence-corrected chi connectivity index (χ1v) is 11.5. The number of amides is 1. The first-order chi connectivity index (χ1) is 15.8. The van der Waals surface area contributed by atoms with Crippen LogP contribution in [-0.4, -0.2) is 61.2 Å². The highest BCUT2D eigenvalue weighted by molar-refractivity contribution is 5.70. The highest BCUT2D eigenvalue weighted by atomic mass is 16.6. The number of aryl methyl sites for hydroxylation is 2. The lowest BCUT2D eigenvalue weighted by Crippen LogP contribution is -2.41. The van der Waals surface area contributed by atoms with Gasteiger partial charge in [0.05, 0.1) is 23.4 Å². The number of rotatable bonds is 7. The molecule has 4 rings (SSSR count). The van der Waals surface area contributed by atoms with Gasteiger partial charge in [-0.2, -0.15) is 0 Å². The molecule has 1 amide bonds. The largest absolute Gasteiger partial charge is 0.489 e. The van der Waals surface area contributed by atoms with Crippen molar-refractivity contribution in [2.24, 2.45) is 13.0 Å². The van der Waals surface area contributed by atoms with Gasteiger partial charge in [-0.25, -0.2) is 14.5 Å². The average Bonchev–Trinajstić information content (AvgIpc) is 3.12. The number of ether oxygens (including phenoxy) is 2. The summed E-state index contributed by atoms with van der Waals surface area (Å²) in [5, 5.41) is 17.6. The van der Waals surface area contributed by atoms with Crippen LogP contribution in [0.4, 0.5) is 4.79 Å². The Bertz CT molecular complexity index is 1020. The van der Waals surface area contributed by atoms with Gasteiger partial charge in [0, 0.05) is 20.1 Å². The molecule has 1 N–H and O–H groups in total. The van der Waals surface area contributed by atoms with Crippen LogP contribution in [0.2, 0.25) is 0 Å². The molecule has 0 radical (unpaired) electrons. The van der Waals surface area contributed by atoms with Gasteiger partial charge in [-0.05, 0) is 64.0 Å². The number of nitrogens with zero attached hydrogens (tertiary/aromatic N) is 5. The van der Waals surface area contributed by atoms with E-state index in [0.717, 1.165) is 32.1 Å². The van der Waals surface area contributed by atoms with E-state index in [2.05, 4.69) is 15.3 Å². The Morgan fingerprint density at radius 1 is 1.21 bits per heavy atom. The summed E-state index contributed by atoms with van der Waals surface area (Å²) in [6, 6.07) is 3.89. The summed E-state index contributed by atoms with van der Waals surface area (Å²) >= 11 is 0. The van der Waals surface area contributed by atoms with Crippen LogP contribution in [-0.2, 0) is 23.2 Å². The Labute approximate surface area is 192 Å². The van der Waals surface area contributed by atoms with E-state index in [-0.39, 0.29) is 30.8 Å². The molecule has 2 heterocycles. The number of carboxylic acid groups (broad SMARTS) is 1. The van der Waals surface area contributed by atoms with Gasteiger partial charge in [0.15, 0.2) is 0 Å². The van der Waals surface area contributed by atoms with E-state index in [1.54, 1.807) is 29.7 Å². The molecule has 0 aromatic carbocycles. The topological polar surface area (TPSA) is 120 Å². The van der Waals surface area contributed by atoms with Gasteiger partial charge < -0.3 is 19.5 Å². The summed E-state index contributed by atoms with van der Waals surface area (Å²) in [7, 11) is 3.52. The first-order valence-electron chi connectivity index (χ1n) is 11.5. The van der Waals surface area contributed by atoms with Crippen molar-refractivity contribution in [2.75, 3.05) is 7.05 Å². The second kappa shape index (κ2) is 9.76. The van der Waals surface area contributed by atoms with Crippen molar-refractivity contribution in [3.8, 4) is 17.1 Å².